The molecule has 0 aliphatic heterocycles. The first kappa shape index (κ1) is 13.9. The first-order valence-corrected chi connectivity index (χ1v) is 6.22. The van der Waals surface area contributed by atoms with Crippen molar-refractivity contribution in [3.05, 3.63) is 47.4 Å². The van der Waals surface area contributed by atoms with E-state index in [0.29, 0.717) is 11.4 Å². The summed E-state index contributed by atoms with van der Waals surface area (Å²) in [5.41, 5.74) is 2.26. The van der Waals surface area contributed by atoms with Gasteiger partial charge in [0.25, 0.3) is 5.91 Å². The Morgan fingerprint density at radius 1 is 1.00 bits per heavy atom. The first-order chi connectivity index (χ1) is 9.45. The molecule has 0 saturated heterocycles. The van der Waals surface area contributed by atoms with E-state index < -0.39 is 0 Å². The van der Waals surface area contributed by atoms with Gasteiger partial charge in [-0.1, -0.05) is 0 Å². The van der Waals surface area contributed by atoms with Crippen LogP contribution in [0, 0.1) is 13.8 Å². The molecule has 0 aliphatic carbocycles. The summed E-state index contributed by atoms with van der Waals surface area (Å²) in [6.45, 7) is 5.14. The van der Waals surface area contributed by atoms with Crippen molar-refractivity contribution >= 4 is 23.2 Å². The fourth-order valence-corrected chi connectivity index (χ4v) is 1.72. The smallest absolute Gasteiger partial charge is 0.291 e. The maximum Gasteiger partial charge on any atom is 0.291 e. The van der Waals surface area contributed by atoms with E-state index in [0.717, 1.165) is 11.3 Å². The third-order valence-corrected chi connectivity index (χ3v) is 2.85. The molecule has 104 valence electrons. The summed E-state index contributed by atoms with van der Waals surface area (Å²) in [6, 6.07) is 8.57. The standard InChI is InChI=1S/C15H16N2O3/c1-9-8-14(20-10(9)2)15(19)17-13-6-4-12(5-7-13)16-11(3)18/h4-8H,1-3H3,(H,16,18)(H,17,19). The summed E-state index contributed by atoms with van der Waals surface area (Å²) in [5.74, 6) is 0.582. The van der Waals surface area contributed by atoms with Crippen molar-refractivity contribution in [2.75, 3.05) is 10.6 Å². The number of benzene rings is 1. The molecule has 1 aromatic heterocycles. The zero-order valence-electron chi connectivity index (χ0n) is 11.6. The normalized spacial score (nSPS) is 10.2. The first-order valence-electron chi connectivity index (χ1n) is 6.22. The van der Waals surface area contributed by atoms with Gasteiger partial charge in [-0.2, -0.15) is 0 Å². The van der Waals surface area contributed by atoms with Crippen LogP contribution in [0.1, 0.15) is 28.8 Å². The average molecular weight is 272 g/mol. The van der Waals surface area contributed by atoms with Crippen LogP contribution >= 0.6 is 0 Å². The highest BCUT2D eigenvalue weighted by atomic mass is 16.3. The summed E-state index contributed by atoms with van der Waals surface area (Å²) < 4.78 is 5.36. The lowest BCUT2D eigenvalue weighted by molar-refractivity contribution is -0.114. The van der Waals surface area contributed by atoms with E-state index in [4.69, 9.17) is 4.42 Å². The molecule has 2 rings (SSSR count). The lowest BCUT2D eigenvalue weighted by Crippen LogP contribution is -2.11. The average Bonchev–Trinajstić information content (AvgIpc) is 2.71. The molecule has 2 N–H and O–H groups in total. The molecule has 0 radical (unpaired) electrons. The Balaban J connectivity index is 2.06. The van der Waals surface area contributed by atoms with Crippen molar-refractivity contribution in [3.8, 4) is 0 Å². The van der Waals surface area contributed by atoms with Crippen LogP contribution < -0.4 is 10.6 Å². The van der Waals surface area contributed by atoms with E-state index >= 15 is 0 Å². The molecule has 5 heteroatoms. The van der Waals surface area contributed by atoms with Gasteiger partial charge >= 0.3 is 0 Å². The summed E-state index contributed by atoms with van der Waals surface area (Å²) >= 11 is 0. The van der Waals surface area contributed by atoms with Gasteiger partial charge in [-0.05, 0) is 49.7 Å². The minimum absolute atomic E-state index is 0.136. The molecule has 1 heterocycles. The molecule has 0 bridgehead atoms. The number of carbonyl (C=O) groups is 2. The highest BCUT2D eigenvalue weighted by molar-refractivity contribution is 6.02. The summed E-state index contributed by atoms with van der Waals surface area (Å²) in [4.78, 5) is 22.9. The van der Waals surface area contributed by atoms with Crippen LogP contribution in [0.4, 0.5) is 11.4 Å². The summed E-state index contributed by atoms with van der Waals surface area (Å²) in [6.07, 6.45) is 0. The van der Waals surface area contributed by atoms with Crippen LogP contribution in [0.25, 0.3) is 0 Å². The number of amides is 2. The SMILES string of the molecule is CC(=O)Nc1ccc(NC(=O)c2cc(C)c(C)o2)cc1. The fourth-order valence-electron chi connectivity index (χ4n) is 1.72. The number of anilines is 2. The second kappa shape index (κ2) is 5.61. The molecule has 0 fully saturated rings. The van der Waals surface area contributed by atoms with Crippen LogP contribution in [-0.4, -0.2) is 11.8 Å². The van der Waals surface area contributed by atoms with E-state index in [1.165, 1.54) is 6.92 Å². The molecule has 1 aromatic carbocycles. The fraction of sp³-hybridized carbons (Fsp3) is 0.200. The molecule has 2 amide bonds. The van der Waals surface area contributed by atoms with E-state index in [1.807, 2.05) is 13.8 Å². The van der Waals surface area contributed by atoms with Gasteiger partial charge in [0, 0.05) is 18.3 Å². The molecule has 0 spiro atoms. The van der Waals surface area contributed by atoms with Gasteiger partial charge < -0.3 is 15.1 Å². The number of hydrogen-bond acceptors (Lipinski definition) is 3. The van der Waals surface area contributed by atoms with Crippen molar-refractivity contribution in [1.82, 2.24) is 0 Å². The Morgan fingerprint density at radius 2 is 1.55 bits per heavy atom. The monoisotopic (exact) mass is 272 g/mol. The largest absolute Gasteiger partial charge is 0.456 e. The Bertz CT molecular complexity index is 622. The number of rotatable bonds is 3. The second-order valence-electron chi connectivity index (χ2n) is 4.56. The molecule has 0 saturated carbocycles. The predicted molar refractivity (Wildman–Crippen MR) is 76.9 cm³/mol. The van der Waals surface area contributed by atoms with Gasteiger partial charge in [0.05, 0.1) is 0 Å². The van der Waals surface area contributed by atoms with Gasteiger partial charge in [0.1, 0.15) is 5.76 Å². The molecule has 0 aliphatic rings. The minimum Gasteiger partial charge on any atom is -0.456 e. The van der Waals surface area contributed by atoms with Gasteiger partial charge in [0.2, 0.25) is 5.91 Å². The van der Waals surface area contributed by atoms with Crippen molar-refractivity contribution in [1.29, 1.82) is 0 Å². The lowest BCUT2D eigenvalue weighted by Gasteiger charge is -2.05. The van der Waals surface area contributed by atoms with Crippen LogP contribution in [0.15, 0.2) is 34.7 Å². The van der Waals surface area contributed by atoms with Gasteiger partial charge in [-0.3, -0.25) is 9.59 Å². The Kier molecular flexibility index (Phi) is 3.89. The maximum absolute atomic E-state index is 12.0. The van der Waals surface area contributed by atoms with Crippen molar-refractivity contribution in [3.63, 3.8) is 0 Å². The van der Waals surface area contributed by atoms with E-state index in [2.05, 4.69) is 10.6 Å². The van der Waals surface area contributed by atoms with Gasteiger partial charge in [0.15, 0.2) is 5.76 Å². The Hall–Kier alpha value is -2.56. The van der Waals surface area contributed by atoms with Crippen LogP contribution in [0.2, 0.25) is 0 Å². The third kappa shape index (κ3) is 3.26. The Morgan fingerprint density at radius 3 is 2.00 bits per heavy atom. The van der Waals surface area contributed by atoms with Crippen molar-refractivity contribution in [2.24, 2.45) is 0 Å². The minimum atomic E-state index is -0.298. The predicted octanol–water partition coefficient (Wildman–Crippen LogP) is 3.11. The molecular weight excluding hydrogens is 256 g/mol. The van der Waals surface area contributed by atoms with Crippen LogP contribution in [0.3, 0.4) is 0 Å². The van der Waals surface area contributed by atoms with Crippen LogP contribution in [0.5, 0.6) is 0 Å². The van der Waals surface area contributed by atoms with Gasteiger partial charge in [-0.15, -0.1) is 0 Å². The number of carbonyl (C=O) groups excluding carboxylic acids is 2. The van der Waals surface area contributed by atoms with Crippen LogP contribution in [-0.2, 0) is 4.79 Å². The molecule has 0 unspecified atom stereocenters. The molecule has 5 nitrogen and oxygen atoms in total. The zero-order chi connectivity index (χ0) is 14.7. The molecule has 0 atom stereocenters. The van der Waals surface area contributed by atoms with Crippen molar-refractivity contribution < 1.29 is 14.0 Å². The Labute approximate surface area is 117 Å². The molecular formula is C15H16N2O3. The van der Waals surface area contributed by atoms with E-state index in [1.54, 1.807) is 30.3 Å². The molecule has 2 aromatic rings. The third-order valence-electron chi connectivity index (χ3n) is 2.85. The van der Waals surface area contributed by atoms with E-state index in [9.17, 15) is 9.59 Å². The summed E-state index contributed by atoms with van der Waals surface area (Å²) in [5, 5.41) is 5.39. The highest BCUT2D eigenvalue weighted by Crippen LogP contribution is 2.17. The van der Waals surface area contributed by atoms with E-state index in [-0.39, 0.29) is 17.6 Å². The zero-order valence-corrected chi connectivity index (χ0v) is 11.6. The maximum atomic E-state index is 12.0. The number of hydrogen-bond donors (Lipinski definition) is 2. The molecule has 20 heavy (non-hydrogen) atoms. The lowest BCUT2D eigenvalue weighted by atomic mass is 10.2. The topological polar surface area (TPSA) is 71.3 Å². The number of nitrogens with one attached hydrogen (secondary N) is 2. The number of furan rings is 1. The number of aryl methyl sites for hydroxylation is 2. The van der Waals surface area contributed by atoms with Crippen molar-refractivity contribution in [2.45, 2.75) is 20.8 Å². The highest BCUT2D eigenvalue weighted by Gasteiger charge is 2.12. The quantitative estimate of drug-likeness (QED) is 0.901. The second-order valence-corrected chi connectivity index (χ2v) is 4.56. The van der Waals surface area contributed by atoms with Gasteiger partial charge in [-0.25, -0.2) is 0 Å². The summed E-state index contributed by atoms with van der Waals surface area (Å²) in [7, 11) is 0.